The van der Waals surface area contributed by atoms with Gasteiger partial charge < -0.3 is 9.88 Å². The zero-order chi connectivity index (χ0) is 25.5. The number of para-hydroxylation sites is 1. The molecule has 0 spiro atoms. The molecule has 7 heteroatoms. The van der Waals surface area contributed by atoms with Crippen molar-refractivity contribution < 1.29 is 0 Å². The van der Waals surface area contributed by atoms with Crippen LogP contribution in [0.5, 0.6) is 0 Å². The molecule has 2 aromatic carbocycles. The molecule has 0 aliphatic carbocycles. The van der Waals surface area contributed by atoms with Gasteiger partial charge in [-0.15, -0.1) is 0 Å². The average Bonchev–Trinajstić information content (AvgIpc) is 3.58. The predicted molar refractivity (Wildman–Crippen MR) is 151 cm³/mol. The molecule has 1 aliphatic heterocycles. The molecule has 1 N–H and O–H groups in total. The number of hydrogen-bond donors (Lipinski definition) is 1. The average molecular weight is 511 g/mol. The van der Waals surface area contributed by atoms with Gasteiger partial charge in [-0.3, -0.25) is 0 Å². The number of benzene rings is 2. The molecule has 6 nitrogen and oxygen atoms in total. The molecule has 3 aromatic heterocycles. The Bertz CT molecular complexity index is 1560. The standard InChI is InChI=1S/C30H31ClN6/c1-4-19-16-33-30(34-17-19)36-15-13-26-24(18-36)29(23-10-11-25(31)27-22(23)12-14-32-27)37(35-26)28-20(5-2)8-7-9-21(28)6-3/h7-12,14,16-17,32H,4-6,13,15,18H2,1-3H3. The van der Waals surface area contributed by atoms with Crippen LogP contribution >= 0.6 is 11.6 Å². The Balaban J connectivity index is 1.58. The van der Waals surface area contributed by atoms with Crippen LogP contribution in [0.25, 0.3) is 27.8 Å². The van der Waals surface area contributed by atoms with Gasteiger partial charge in [-0.25, -0.2) is 14.6 Å². The van der Waals surface area contributed by atoms with Crippen LogP contribution in [0.4, 0.5) is 5.95 Å². The van der Waals surface area contributed by atoms with E-state index in [1.54, 1.807) is 0 Å². The second kappa shape index (κ2) is 9.67. The summed E-state index contributed by atoms with van der Waals surface area (Å²) in [5.41, 5.74) is 10.5. The summed E-state index contributed by atoms with van der Waals surface area (Å²) in [5.74, 6) is 0.771. The molecule has 0 bridgehead atoms. The van der Waals surface area contributed by atoms with Crippen LogP contribution in [0.1, 0.15) is 48.7 Å². The first-order valence-electron chi connectivity index (χ1n) is 13.2. The topological polar surface area (TPSA) is 62.6 Å². The van der Waals surface area contributed by atoms with E-state index < -0.39 is 0 Å². The number of rotatable bonds is 6. The fourth-order valence-electron chi connectivity index (χ4n) is 5.49. The minimum absolute atomic E-state index is 0.709. The molecular weight excluding hydrogens is 480 g/mol. The Labute approximate surface area is 222 Å². The second-order valence-electron chi connectivity index (χ2n) is 9.60. The van der Waals surface area contributed by atoms with E-state index in [4.69, 9.17) is 16.7 Å². The van der Waals surface area contributed by atoms with Crippen LogP contribution in [0.2, 0.25) is 5.02 Å². The second-order valence-corrected chi connectivity index (χ2v) is 10.0. The van der Waals surface area contributed by atoms with Gasteiger partial charge in [-0.2, -0.15) is 5.10 Å². The number of fused-ring (bicyclic) bond motifs is 2. The summed E-state index contributed by atoms with van der Waals surface area (Å²) in [6.45, 7) is 8.10. The number of nitrogens with one attached hydrogen (secondary N) is 1. The highest BCUT2D eigenvalue weighted by Crippen LogP contribution is 2.40. The first-order valence-corrected chi connectivity index (χ1v) is 13.5. The highest BCUT2D eigenvalue weighted by atomic mass is 35.5. The van der Waals surface area contributed by atoms with Crippen molar-refractivity contribution >= 4 is 28.5 Å². The van der Waals surface area contributed by atoms with Gasteiger partial charge >= 0.3 is 0 Å². The van der Waals surface area contributed by atoms with Gasteiger partial charge in [-0.05, 0) is 48.1 Å². The first kappa shape index (κ1) is 23.7. The minimum atomic E-state index is 0.709. The number of H-pyrrole nitrogens is 1. The number of hydrogen-bond acceptors (Lipinski definition) is 4. The summed E-state index contributed by atoms with van der Waals surface area (Å²) < 4.78 is 2.21. The maximum Gasteiger partial charge on any atom is 0.225 e. The van der Waals surface area contributed by atoms with Gasteiger partial charge in [0.2, 0.25) is 5.95 Å². The largest absolute Gasteiger partial charge is 0.360 e. The van der Waals surface area contributed by atoms with Crippen molar-refractivity contribution in [1.82, 2.24) is 24.7 Å². The lowest BCUT2D eigenvalue weighted by molar-refractivity contribution is 0.693. The third-order valence-corrected chi connectivity index (χ3v) is 7.84. The zero-order valence-electron chi connectivity index (χ0n) is 21.6. The SMILES string of the molecule is CCc1cnc(N2CCc3nn(-c4c(CC)cccc4CC)c(-c4ccc(Cl)c5[nH]ccc45)c3C2)nc1. The lowest BCUT2D eigenvalue weighted by Crippen LogP contribution is -2.31. The monoisotopic (exact) mass is 510 g/mol. The molecule has 1 aliphatic rings. The summed E-state index contributed by atoms with van der Waals surface area (Å²) in [7, 11) is 0. The van der Waals surface area contributed by atoms with Crippen molar-refractivity contribution in [3.8, 4) is 16.9 Å². The van der Waals surface area contributed by atoms with E-state index in [-0.39, 0.29) is 0 Å². The fourth-order valence-corrected chi connectivity index (χ4v) is 5.71. The highest BCUT2D eigenvalue weighted by molar-refractivity contribution is 6.35. The quantitative estimate of drug-likeness (QED) is 0.275. The van der Waals surface area contributed by atoms with Crippen molar-refractivity contribution in [2.24, 2.45) is 0 Å². The number of anilines is 1. The summed E-state index contributed by atoms with van der Waals surface area (Å²) >= 11 is 6.58. The molecule has 6 rings (SSSR count). The number of halogens is 1. The maximum absolute atomic E-state index is 6.58. The van der Waals surface area contributed by atoms with Gasteiger partial charge in [0.15, 0.2) is 0 Å². The summed E-state index contributed by atoms with van der Waals surface area (Å²) in [6.07, 6.45) is 9.49. The van der Waals surface area contributed by atoms with Crippen molar-refractivity contribution in [2.45, 2.75) is 53.0 Å². The smallest absolute Gasteiger partial charge is 0.225 e. The predicted octanol–water partition coefficient (Wildman–Crippen LogP) is 6.71. The Morgan fingerprint density at radius 3 is 2.41 bits per heavy atom. The molecule has 0 atom stereocenters. The molecule has 0 radical (unpaired) electrons. The van der Waals surface area contributed by atoms with Crippen molar-refractivity contribution in [3.63, 3.8) is 0 Å². The van der Waals surface area contributed by atoms with E-state index in [2.05, 4.69) is 75.6 Å². The van der Waals surface area contributed by atoms with E-state index in [1.165, 1.54) is 22.4 Å². The van der Waals surface area contributed by atoms with Crippen LogP contribution in [-0.4, -0.2) is 31.3 Å². The van der Waals surface area contributed by atoms with Gasteiger partial charge in [-0.1, -0.05) is 56.6 Å². The van der Waals surface area contributed by atoms with E-state index in [9.17, 15) is 0 Å². The Kier molecular flexibility index (Phi) is 6.21. The van der Waals surface area contributed by atoms with Crippen molar-refractivity contribution in [2.75, 3.05) is 11.4 Å². The van der Waals surface area contributed by atoms with Gasteiger partial charge in [0.25, 0.3) is 0 Å². The normalized spacial score (nSPS) is 13.4. The lowest BCUT2D eigenvalue weighted by Gasteiger charge is -2.27. The first-order chi connectivity index (χ1) is 18.1. The number of aromatic amines is 1. The zero-order valence-corrected chi connectivity index (χ0v) is 22.3. The molecule has 37 heavy (non-hydrogen) atoms. The molecule has 0 fully saturated rings. The van der Waals surface area contributed by atoms with Crippen molar-refractivity contribution in [3.05, 3.63) is 88.0 Å². The van der Waals surface area contributed by atoms with Crippen LogP contribution in [-0.2, 0) is 32.2 Å². The molecule has 0 unspecified atom stereocenters. The highest BCUT2D eigenvalue weighted by Gasteiger charge is 2.29. The molecule has 0 saturated carbocycles. The van der Waals surface area contributed by atoms with Crippen molar-refractivity contribution in [1.29, 1.82) is 0 Å². The van der Waals surface area contributed by atoms with E-state index in [0.717, 1.165) is 76.6 Å². The maximum atomic E-state index is 6.58. The molecule has 188 valence electrons. The summed E-state index contributed by atoms with van der Waals surface area (Å²) in [6, 6.07) is 12.8. The third-order valence-electron chi connectivity index (χ3n) is 7.52. The van der Waals surface area contributed by atoms with Crippen LogP contribution in [0.3, 0.4) is 0 Å². The van der Waals surface area contributed by atoms with E-state index in [1.807, 2.05) is 24.7 Å². The van der Waals surface area contributed by atoms with Crippen LogP contribution < -0.4 is 4.90 Å². The number of aryl methyl sites for hydroxylation is 3. The Morgan fingerprint density at radius 2 is 1.70 bits per heavy atom. The van der Waals surface area contributed by atoms with Gasteiger partial charge in [0.05, 0.1) is 27.6 Å². The Hall–Kier alpha value is -3.64. The van der Waals surface area contributed by atoms with E-state index >= 15 is 0 Å². The lowest BCUT2D eigenvalue weighted by atomic mass is 9.97. The molecule has 0 amide bonds. The van der Waals surface area contributed by atoms with Gasteiger partial charge in [0, 0.05) is 54.6 Å². The van der Waals surface area contributed by atoms with Crippen LogP contribution in [0.15, 0.2) is 55.0 Å². The molecule has 0 saturated heterocycles. The fraction of sp³-hybridized carbons (Fsp3) is 0.300. The Morgan fingerprint density at radius 1 is 0.946 bits per heavy atom. The summed E-state index contributed by atoms with van der Waals surface area (Å²) in [5, 5.41) is 7.11. The minimum Gasteiger partial charge on any atom is -0.360 e. The summed E-state index contributed by atoms with van der Waals surface area (Å²) in [4.78, 5) is 15.0. The number of nitrogens with zero attached hydrogens (tertiary/aromatic N) is 5. The van der Waals surface area contributed by atoms with Gasteiger partial charge in [0.1, 0.15) is 0 Å². The molecular formula is C30H31ClN6. The third kappa shape index (κ3) is 4.00. The number of aromatic nitrogens is 5. The molecule has 4 heterocycles. The van der Waals surface area contributed by atoms with Crippen LogP contribution in [0, 0.1) is 0 Å². The molecule has 5 aromatic rings. The van der Waals surface area contributed by atoms with E-state index in [0.29, 0.717) is 6.54 Å².